The van der Waals surface area contributed by atoms with Crippen LogP contribution in [-0.4, -0.2) is 62.0 Å². The van der Waals surface area contributed by atoms with Crippen LogP contribution >= 0.6 is 7.82 Å². The predicted octanol–water partition coefficient (Wildman–Crippen LogP) is 4.61. The third-order valence-corrected chi connectivity index (χ3v) is 6.16. The first-order chi connectivity index (χ1) is 18.0. The highest BCUT2D eigenvalue weighted by Crippen LogP contribution is 2.52. The summed E-state index contributed by atoms with van der Waals surface area (Å²) in [7, 11) is -2.64. The predicted molar refractivity (Wildman–Crippen MR) is 144 cm³/mol. The fourth-order valence-electron chi connectivity index (χ4n) is 2.85. The van der Waals surface area contributed by atoms with Gasteiger partial charge in [-0.2, -0.15) is 0 Å². The number of esters is 1. The van der Waals surface area contributed by atoms with Gasteiger partial charge in [0.05, 0.1) is 19.3 Å². The molecule has 0 heterocycles. The Morgan fingerprint density at radius 2 is 1.62 bits per heavy atom. The van der Waals surface area contributed by atoms with Gasteiger partial charge in [-0.15, -0.1) is 0 Å². The van der Waals surface area contributed by atoms with Crippen molar-refractivity contribution in [2.45, 2.75) is 78.6 Å². The molecule has 0 saturated carbocycles. The van der Waals surface area contributed by atoms with Gasteiger partial charge in [-0.05, 0) is 66.5 Å². The summed E-state index contributed by atoms with van der Waals surface area (Å²) in [5, 5.41) is 2.38. The van der Waals surface area contributed by atoms with Gasteiger partial charge >= 0.3 is 19.9 Å². The normalized spacial score (nSPS) is 13.7. The number of para-hydroxylation sites is 1. The summed E-state index contributed by atoms with van der Waals surface area (Å²) in [6.07, 6.45) is -0.230. The standard InChI is InChI=1S/C27H40NO10P/c1-20(29)22(28-25(31)37-26(2,3)4)19-36-39(32,38-27(5,6)7)35-18-12-11-17-34-24(30)16-15-21-13-9-10-14-23(21)33-8/h9-10,13-14,22H,15-19H2,1-8H3,(H,28,31)/t22-,39?/m0/s1. The Labute approximate surface area is 230 Å². The van der Waals surface area contributed by atoms with E-state index in [0.29, 0.717) is 12.2 Å². The number of phosphoric acid groups is 1. The average molecular weight is 570 g/mol. The van der Waals surface area contributed by atoms with Crippen molar-refractivity contribution in [3.8, 4) is 17.6 Å². The molecule has 2 atom stereocenters. The number of aryl methyl sites for hydroxylation is 1. The van der Waals surface area contributed by atoms with Crippen molar-refractivity contribution in [3.05, 3.63) is 29.8 Å². The fourth-order valence-corrected chi connectivity index (χ4v) is 4.26. The number of carbonyl (C=O) groups is 3. The minimum Gasteiger partial charge on any atom is -0.496 e. The quantitative estimate of drug-likeness (QED) is 0.204. The van der Waals surface area contributed by atoms with Crippen molar-refractivity contribution in [1.29, 1.82) is 0 Å². The number of rotatable bonds is 13. The summed E-state index contributed by atoms with van der Waals surface area (Å²) in [4.78, 5) is 36.1. The zero-order valence-electron chi connectivity index (χ0n) is 24.0. The van der Waals surface area contributed by atoms with Crippen LogP contribution < -0.4 is 10.1 Å². The summed E-state index contributed by atoms with van der Waals surface area (Å²) >= 11 is 0. The molecule has 0 fully saturated rings. The van der Waals surface area contributed by atoms with Gasteiger partial charge in [0.2, 0.25) is 0 Å². The van der Waals surface area contributed by atoms with Gasteiger partial charge in [-0.25, -0.2) is 9.36 Å². The zero-order valence-corrected chi connectivity index (χ0v) is 24.8. The van der Waals surface area contributed by atoms with Crippen LogP contribution in [0.1, 0.15) is 60.5 Å². The molecule has 0 aliphatic heterocycles. The van der Waals surface area contributed by atoms with Crippen molar-refractivity contribution >= 4 is 25.7 Å². The molecule has 1 amide bonds. The lowest BCUT2D eigenvalue weighted by Crippen LogP contribution is -2.45. The maximum absolute atomic E-state index is 13.2. The number of hydrogen-bond donors (Lipinski definition) is 1. The third-order valence-electron chi connectivity index (χ3n) is 4.48. The second-order valence-corrected chi connectivity index (χ2v) is 11.9. The number of benzene rings is 1. The highest BCUT2D eigenvalue weighted by Gasteiger charge is 2.35. The van der Waals surface area contributed by atoms with Gasteiger partial charge < -0.3 is 19.5 Å². The van der Waals surface area contributed by atoms with Crippen LogP contribution in [0.4, 0.5) is 4.79 Å². The highest BCUT2D eigenvalue weighted by molar-refractivity contribution is 7.48. The van der Waals surface area contributed by atoms with Crippen molar-refractivity contribution in [2.75, 3.05) is 26.9 Å². The maximum atomic E-state index is 13.2. The molecule has 1 aromatic rings. The van der Waals surface area contributed by atoms with Crippen molar-refractivity contribution < 1.29 is 46.7 Å². The number of ether oxygens (including phenoxy) is 3. The largest absolute Gasteiger partial charge is 0.496 e. The molecule has 0 aliphatic rings. The molecule has 0 radical (unpaired) electrons. The molecule has 0 bridgehead atoms. The molecule has 218 valence electrons. The molecule has 0 aliphatic carbocycles. The molecule has 0 saturated heterocycles. The van der Waals surface area contributed by atoms with E-state index in [1.54, 1.807) is 48.7 Å². The second-order valence-electron chi connectivity index (χ2n) is 10.4. The third kappa shape index (κ3) is 15.3. The monoisotopic (exact) mass is 569 g/mol. The van der Waals surface area contributed by atoms with E-state index in [1.165, 1.54) is 6.92 Å². The minimum atomic E-state index is -4.21. The van der Waals surface area contributed by atoms with E-state index in [0.717, 1.165) is 5.56 Å². The maximum Gasteiger partial charge on any atom is 0.476 e. The van der Waals surface area contributed by atoms with Crippen molar-refractivity contribution in [3.63, 3.8) is 0 Å². The van der Waals surface area contributed by atoms with E-state index in [4.69, 9.17) is 27.8 Å². The summed E-state index contributed by atoms with van der Waals surface area (Å²) in [6.45, 7) is 10.2. The van der Waals surface area contributed by atoms with Crippen LogP contribution in [0.5, 0.6) is 5.75 Å². The van der Waals surface area contributed by atoms with Crippen LogP contribution in [0.15, 0.2) is 24.3 Å². The van der Waals surface area contributed by atoms with Gasteiger partial charge in [-0.3, -0.25) is 23.2 Å². The number of methoxy groups -OCH3 is 1. The summed E-state index contributed by atoms with van der Waals surface area (Å²) < 4.78 is 44.8. The van der Waals surface area contributed by atoms with E-state index in [1.807, 2.05) is 24.3 Å². The van der Waals surface area contributed by atoms with Crippen LogP contribution in [0, 0.1) is 11.8 Å². The van der Waals surface area contributed by atoms with Gasteiger partial charge in [0.25, 0.3) is 0 Å². The zero-order chi connectivity index (χ0) is 29.7. The van der Waals surface area contributed by atoms with E-state index >= 15 is 0 Å². The second kappa shape index (κ2) is 15.6. The lowest BCUT2D eigenvalue weighted by molar-refractivity contribution is -0.142. The number of nitrogens with one attached hydrogen (secondary N) is 1. The SMILES string of the molecule is COc1ccccc1CCC(=O)OCC#CCOP(=O)(OC[C@H](NC(=O)OC(C)(C)C)C(C)=O)OC(C)(C)C. The number of hydrogen-bond acceptors (Lipinski definition) is 10. The molecule has 1 rings (SSSR count). The lowest BCUT2D eigenvalue weighted by atomic mass is 10.1. The first kappa shape index (κ1) is 34.1. The molecular weight excluding hydrogens is 529 g/mol. The van der Waals surface area contributed by atoms with Gasteiger partial charge in [-0.1, -0.05) is 30.0 Å². The molecule has 1 unspecified atom stereocenters. The number of amides is 1. The highest BCUT2D eigenvalue weighted by atomic mass is 31.2. The number of phosphoric ester groups is 1. The van der Waals surface area contributed by atoms with Gasteiger partial charge in [0.1, 0.15) is 24.0 Å². The van der Waals surface area contributed by atoms with Gasteiger partial charge in [0.15, 0.2) is 12.4 Å². The van der Waals surface area contributed by atoms with Crippen LogP contribution in [0.2, 0.25) is 0 Å². The lowest BCUT2D eigenvalue weighted by Gasteiger charge is -2.27. The Morgan fingerprint density at radius 3 is 2.21 bits per heavy atom. The number of carbonyl (C=O) groups excluding carboxylic acids is 3. The van der Waals surface area contributed by atoms with Crippen LogP contribution in [-0.2, 0) is 43.6 Å². The molecule has 0 spiro atoms. The van der Waals surface area contributed by atoms with E-state index in [9.17, 15) is 18.9 Å². The van der Waals surface area contributed by atoms with E-state index < -0.39 is 49.5 Å². The summed E-state index contributed by atoms with van der Waals surface area (Å²) in [6, 6.07) is 6.24. The summed E-state index contributed by atoms with van der Waals surface area (Å²) in [5.74, 6) is 5.00. The molecule has 1 N–H and O–H groups in total. The molecule has 0 aromatic heterocycles. The molecule has 1 aromatic carbocycles. The first-order valence-electron chi connectivity index (χ1n) is 12.4. The smallest absolute Gasteiger partial charge is 0.476 e. The first-order valence-corrected chi connectivity index (χ1v) is 13.8. The number of alkyl carbamates (subject to hydrolysis) is 1. The van der Waals surface area contributed by atoms with Crippen LogP contribution in [0.25, 0.3) is 0 Å². The fraction of sp³-hybridized carbons (Fsp3) is 0.593. The topological polar surface area (TPSA) is 136 Å². The van der Waals surface area contributed by atoms with Crippen LogP contribution in [0.3, 0.4) is 0 Å². The Morgan fingerprint density at radius 1 is 0.974 bits per heavy atom. The van der Waals surface area contributed by atoms with Crippen molar-refractivity contribution in [2.24, 2.45) is 0 Å². The molecule has 12 heteroatoms. The summed E-state index contributed by atoms with van der Waals surface area (Å²) in [5.41, 5.74) is -0.813. The Hall–Kier alpha value is -2.90. The Kier molecular flexibility index (Phi) is 13.7. The Balaban J connectivity index is 2.63. The van der Waals surface area contributed by atoms with E-state index in [2.05, 4.69) is 17.2 Å². The van der Waals surface area contributed by atoms with Crippen molar-refractivity contribution in [1.82, 2.24) is 5.32 Å². The Bertz CT molecular complexity index is 1080. The van der Waals surface area contributed by atoms with Gasteiger partial charge in [0, 0.05) is 6.42 Å². The average Bonchev–Trinajstić information content (AvgIpc) is 2.80. The number of ketones is 1. The molecule has 39 heavy (non-hydrogen) atoms. The molecule has 11 nitrogen and oxygen atoms in total. The molecular formula is C27H40NO10P. The minimum absolute atomic E-state index is 0.148. The van der Waals surface area contributed by atoms with E-state index in [-0.39, 0.29) is 19.6 Å². The number of Topliss-reactive ketones (excluding diaryl/α,β-unsaturated/α-hetero) is 1.